The summed E-state index contributed by atoms with van der Waals surface area (Å²) in [7, 11) is 1.50. The second kappa shape index (κ2) is 4.84. The number of carboxylic acids is 1. The van der Waals surface area contributed by atoms with E-state index in [1.54, 1.807) is 12.1 Å². The highest BCUT2D eigenvalue weighted by molar-refractivity contribution is 9.10. The fourth-order valence-electron chi connectivity index (χ4n) is 1.12. The van der Waals surface area contributed by atoms with Crippen molar-refractivity contribution in [3.63, 3.8) is 0 Å². The third-order valence-corrected chi connectivity index (χ3v) is 2.40. The van der Waals surface area contributed by atoms with E-state index < -0.39 is 5.97 Å². The zero-order valence-corrected chi connectivity index (χ0v) is 9.61. The average Bonchev–Trinajstić information content (AvgIpc) is 2.19. The molecule has 0 aliphatic carbocycles. The van der Waals surface area contributed by atoms with Crippen molar-refractivity contribution in [2.75, 3.05) is 12.8 Å². The maximum Gasteiger partial charge on any atom is 0.328 e. The molecule has 0 saturated heterocycles. The van der Waals surface area contributed by atoms with Crippen molar-refractivity contribution in [1.29, 1.82) is 0 Å². The second-order valence-corrected chi connectivity index (χ2v) is 3.61. The van der Waals surface area contributed by atoms with Gasteiger partial charge in [0, 0.05) is 17.3 Å². The first-order chi connectivity index (χ1) is 7.06. The van der Waals surface area contributed by atoms with Crippen LogP contribution in [0.1, 0.15) is 5.56 Å². The molecule has 0 fully saturated rings. The molecular weight excluding hydrogens is 262 g/mol. The molecular formula is C10H10BrNO3. The number of benzene rings is 1. The Labute approximate surface area is 95.5 Å². The summed E-state index contributed by atoms with van der Waals surface area (Å²) in [5.74, 6) is -0.510. The molecule has 0 atom stereocenters. The number of nitrogen functional groups attached to an aromatic ring is 1. The summed E-state index contributed by atoms with van der Waals surface area (Å²) in [6.07, 6.45) is 2.42. The van der Waals surface area contributed by atoms with E-state index in [0.29, 0.717) is 17.0 Å². The highest BCUT2D eigenvalue weighted by Gasteiger charge is 2.08. The predicted molar refractivity (Wildman–Crippen MR) is 61.8 cm³/mol. The Morgan fingerprint density at radius 1 is 1.60 bits per heavy atom. The summed E-state index contributed by atoms with van der Waals surface area (Å²) in [5.41, 5.74) is 6.72. The molecule has 0 spiro atoms. The van der Waals surface area contributed by atoms with Gasteiger partial charge in [-0.1, -0.05) is 0 Å². The van der Waals surface area contributed by atoms with Gasteiger partial charge in [-0.2, -0.15) is 0 Å². The van der Waals surface area contributed by atoms with E-state index in [-0.39, 0.29) is 0 Å². The van der Waals surface area contributed by atoms with Crippen molar-refractivity contribution in [2.45, 2.75) is 0 Å². The molecule has 1 aromatic rings. The maximum atomic E-state index is 10.4. The lowest BCUT2D eigenvalue weighted by molar-refractivity contribution is -0.131. The predicted octanol–water partition coefficient (Wildman–Crippen LogP) is 2.14. The van der Waals surface area contributed by atoms with Gasteiger partial charge in [-0.15, -0.1) is 0 Å². The quantitative estimate of drug-likeness (QED) is 0.653. The zero-order valence-electron chi connectivity index (χ0n) is 8.03. The number of rotatable bonds is 3. The smallest absolute Gasteiger partial charge is 0.328 e. The molecule has 80 valence electrons. The number of hydrogen-bond donors (Lipinski definition) is 2. The Morgan fingerprint density at radius 2 is 2.27 bits per heavy atom. The summed E-state index contributed by atoms with van der Waals surface area (Å²) in [5, 5.41) is 8.52. The molecule has 0 aliphatic heterocycles. The van der Waals surface area contributed by atoms with Crippen LogP contribution in [0.3, 0.4) is 0 Å². The molecule has 0 aliphatic rings. The normalized spacial score (nSPS) is 10.5. The van der Waals surface area contributed by atoms with E-state index in [9.17, 15) is 4.79 Å². The van der Waals surface area contributed by atoms with Crippen molar-refractivity contribution in [2.24, 2.45) is 0 Å². The molecule has 0 bridgehead atoms. The number of hydrogen-bond acceptors (Lipinski definition) is 3. The van der Waals surface area contributed by atoms with Crippen molar-refractivity contribution < 1.29 is 14.6 Å². The van der Waals surface area contributed by atoms with E-state index in [1.807, 2.05) is 0 Å². The van der Waals surface area contributed by atoms with Crippen LogP contribution in [0.4, 0.5) is 5.69 Å². The van der Waals surface area contributed by atoms with Gasteiger partial charge in [0.15, 0.2) is 0 Å². The summed E-state index contributed by atoms with van der Waals surface area (Å²) in [6, 6.07) is 3.42. The third kappa shape index (κ3) is 2.73. The Bertz CT molecular complexity index is 415. The number of anilines is 1. The van der Waals surface area contributed by atoms with Gasteiger partial charge in [0.05, 0.1) is 11.6 Å². The van der Waals surface area contributed by atoms with E-state index in [2.05, 4.69) is 15.9 Å². The lowest BCUT2D eigenvalue weighted by atomic mass is 10.1. The van der Waals surface area contributed by atoms with Crippen LogP contribution in [0.15, 0.2) is 22.7 Å². The number of nitrogens with two attached hydrogens (primary N) is 1. The van der Waals surface area contributed by atoms with Gasteiger partial charge in [-0.3, -0.25) is 0 Å². The third-order valence-electron chi connectivity index (χ3n) is 1.78. The minimum Gasteiger partial charge on any atom is -0.495 e. The summed E-state index contributed by atoms with van der Waals surface area (Å²) in [6.45, 7) is 0. The van der Waals surface area contributed by atoms with Crippen LogP contribution in [0.2, 0.25) is 0 Å². The van der Waals surface area contributed by atoms with Gasteiger partial charge >= 0.3 is 5.97 Å². The Hall–Kier alpha value is -1.49. The van der Waals surface area contributed by atoms with Crippen LogP contribution in [-0.4, -0.2) is 18.2 Å². The maximum absolute atomic E-state index is 10.4. The van der Waals surface area contributed by atoms with Crippen LogP contribution in [0.25, 0.3) is 6.08 Å². The standard InChI is InChI=1S/C10H10BrNO3/c1-15-10-6(2-5-9(13)14)8(12)4-3-7(10)11/h2-5H,12H2,1H3,(H,13,14)/b5-2+. The van der Waals surface area contributed by atoms with E-state index in [0.717, 1.165) is 10.5 Å². The lowest BCUT2D eigenvalue weighted by Gasteiger charge is -2.09. The molecule has 1 aromatic carbocycles. The lowest BCUT2D eigenvalue weighted by Crippen LogP contribution is -1.96. The number of ether oxygens (including phenoxy) is 1. The molecule has 15 heavy (non-hydrogen) atoms. The molecule has 0 amide bonds. The molecule has 1 rings (SSSR count). The topological polar surface area (TPSA) is 72.5 Å². The highest BCUT2D eigenvalue weighted by Crippen LogP contribution is 2.33. The molecule has 0 unspecified atom stereocenters. The van der Waals surface area contributed by atoms with E-state index in [1.165, 1.54) is 13.2 Å². The van der Waals surface area contributed by atoms with Crippen LogP contribution in [0, 0.1) is 0 Å². The fourth-order valence-corrected chi connectivity index (χ4v) is 1.63. The molecule has 0 radical (unpaired) electrons. The van der Waals surface area contributed by atoms with Crippen molar-refractivity contribution in [1.82, 2.24) is 0 Å². The van der Waals surface area contributed by atoms with Crippen LogP contribution >= 0.6 is 15.9 Å². The molecule has 4 nitrogen and oxygen atoms in total. The molecule has 0 heterocycles. The highest BCUT2D eigenvalue weighted by atomic mass is 79.9. The largest absolute Gasteiger partial charge is 0.495 e. The van der Waals surface area contributed by atoms with Gasteiger partial charge in [-0.05, 0) is 34.1 Å². The van der Waals surface area contributed by atoms with Gasteiger partial charge in [-0.25, -0.2) is 4.79 Å². The van der Waals surface area contributed by atoms with Gasteiger partial charge in [0.25, 0.3) is 0 Å². The molecule has 0 saturated carbocycles. The zero-order chi connectivity index (χ0) is 11.4. The average molecular weight is 272 g/mol. The number of carbonyl (C=O) groups is 1. The minimum atomic E-state index is -1.03. The van der Waals surface area contributed by atoms with Gasteiger partial charge < -0.3 is 15.6 Å². The number of aliphatic carboxylic acids is 1. The van der Waals surface area contributed by atoms with Gasteiger partial charge in [0.2, 0.25) is 0 Å². The number of halogens is 1. The SMILES string of the molecule is COc1c(Br)ccc(N)c1/C=C/C(=O)O. The van der Waals surface area contributed by atoms with Crippen LogP contribution < -0.4 is 10.5 Å². The summed E-state index contributed by atoms with van der Waals surface area (Å²) < 4.78 is 5.84. The van der Waals surface area contributed by atoms with E-state index >= 15 is 0 Å². The Kier molecular flexibility index (Phi) is 3.74. The minimum absolute atomic E-state index is 0.465. The summed E-state index contributed by atoms with van der Waals surface area (Å²) >= 11 is 3.29. The molecule has 0 aromatic heterocycles. The van der Waals surface area contributed by atoms with Gasteiger partial charge in [0.1, 0.15) is 5.75 Å². The Balaban J connectivity index is 3.25. The molecule has 5 heteroatoms. The van der Waals surface area contributed by atoms with E-state index in [4.69, 9.17) is 15.6 Å². The number of methoxy groups -OCH3 is 1. The van der Waals surface area contributed by atoms with Crippen molar-refractivity contribution in [3.05, 3.63) is 28.2 Å². The first kappa shape index (κ1) is 11.6. The first-order valence-electron chi connectivity index (χ1n) is 4.09. The van der Waals surface area contributed by atoms with Crippen molar-refractivity contribution >= 4 is 33.7 Å². The summed E-state index contributed by atoms with van der Waals surface area (Å²) in [4.78, 5) is 10.4. The van der Waals surface area contributed by atoms with Crippen LogP contribution in [-0.2, 0) is 4.79 Å². The van der Waals surface area contributed by atoms with Crippen LogP contribution in [0.5, 0.6) is 5.75 Å². The molecule has 3 N–H and O–H groups in total. The second-order valence-electron chi connectivity index (χ2n) is 2.76. The number of carboxylic acid groups (broad SMARTS) is 1. The Morgan fingerprint density at radius 3 is 2.80 bits per heavy atom. The first-order valence-corrected chi connectivity index (χ1v) is 4.88. The fraction of sp³-hybridized carbons (Fsp3) is 0.100. The van der Waals surface area contributed by atoms with Crippen molar-refractivity contribution in [3.8, 4) is 5.75 Å². The monoisotopic (exact) mass is 271 g/mol.